The zero-order chi connectivity index (χ0) is 10.1. The molecule has 1 heterocycles. The quantitative estimate of drug-likeness (QED) is 0.670. The van der Waals surface area contributed by atoms with Gasteiger partial charge in [0.25, 0.3) is 0 Å². The third-order valence-electron chi connectivity index (χ3n) is 3.90. The van der Waals surface area contributed by atoms with Crippen LogP contribution in [0.3, 0.4) is 0 Å². The van der Waals surface area contributed by atoms with Crippen LogP contribution in [0.4, 0.5) is 0 Å². The zero-order valence-electron chi connectivity index (χ0n) is 9.66. The van der Waals surface area contributed by atoms with E-state index in [1.165, 1.54) is 19.3 Å². The van der Waals surface area contributed by atoms with Gasteiger partial charge < -0.3 is 5.32 Å². The van der Waals surface area contributed by atoms with Crippen LogP contribution in [0.15, 0.2) is 12.3 Å². The molecular formula is C12H22BN. The molecule has 0 radical (unpaired) electrons. The van der Waals surface area contributed by atoms with Gasteiger partial charge in [0, 0.05) is 6.04 Å². The summed E-state index contributed by atoms with van der Waals surface area (Å²) in [6.07, 6.45) is 8.70. The fourth-order valence-corrected chi connectivity index (χ4v) is 2.94. The smallest absolute Gasteiger partial charge is 0.105 e. The maximum absolute atomic E-state index is 3.51. The molecule has 78 valence electrons. The lowest BCUT2D eigenvalue weighted by atomic mass is 9.84. The van der Waals surface area contributed by atoms with Crippen LogP contribution >= 0.6 is 0 Å². The van der Waals surface area contributed by atoms with Crippen LogP contribution in [-0.2, 0) is 0 Å². The second-order valence-electron chi connectivity index (χ2n) is 5.34. The van der Waals surface area contributed by atoms with Crippen LogP contribution in [-0.4, -0.2) is 13.9 Å². The molecular weight excluding hydrogens is 169 g/mol. The van der Waals surface area contributed by atoms with Gasteiger partial charge in [-0.2, -0.15) is 0 Å². The highest BCUT2D eigenvalue weighted by Gasteiger charge is 2.53. The van der Waals surface area contributed by atoms with E-state index in [9.17, 15) is 0 Å². The van der Waals surface area contributed by atoms with Gasteiger partial charge in [0.15, 0.2) is 0 Å². The molecule has 1 aliphatic heterocycles. The van der Waals surface area contributed by atoms with Crippen molar-refractivity contribution in [1.29, 1.82) is 0 Å². The van der Waals surface area contributed by atoms with E-state index in [1.54, 1.807) is 0 Å². The van der Waals surface area contributed by atoms with E-state index in [2.05, 4.69) is 39.3 Å². The van der Waals surface area contributed by atoms with E-state index in [4.69, 9.17) is 0 Å². The van der Waals surface area contributed by atoms with Gasteiger partial charge in [-0.15, -0.1) is 0 Å². The molecule has 0 bridgehead atoms. The van der Waals surface area contributed by atoms with E-state index in [0.29, 0.717) is 0 Å². The Morgan fingerprint density at radius 2 is 2.29 bits per heavy atom. The molecule has 2 heteroatoms. The predicted molar refractivity (Wildman–Crippen MR) is 64.0 cm³/mol. The highest BCUT2D eigenvalue weighted by molar-refractivity contribution is 6.11. The third-order valence-corrected chi connectivity index (χ3v) is 3.90. The normalized spacial score (nSPS) is 41.3. The molecule has 0 aromatic heterocycles. The van der Waals surface area contributed by atoms with Gasteiger partial charge >= 0.3 is 0 Å². The van der Waals surface area contributed by atoms with Crippen LogP contribution in [0.1, 0.15) is 33.1 Å². The van der Waals surface area contributed by atoms with Crippen molar-refractivity contribution in [3.05, 3.63) is 12.3 Å². The minimum Gasteiger partial charge on any atom is -0.388 e. The molecule has 0 spiro atoms. The van der Waals surface area contributed by atoms with Crippen molar-refractivity contribution in [2.45, 2.75) is 45.0 Å². The molecule has 0 amide bonds. The van der Waals surface area contributed by atoms with Crippen molar-refractivity contribution >= 4 is 7.85 Å². The predicted octanol–water partition coefficient (Wildman–Crippen LogP) is 1.97. The molecule has 5 atom stereocenters. The first-order valence-corrected chi connectivity index (χ1v) is 6.16. The topological polar surface area (TPSA) is 12.0 Å². The van der Waals surface area contributed by atoms with Gasteiger partial charge in [0.05, 0.1) is 0 Å². The Bertz CT molecular complexity index is 224. The summed E-state index contributed by atoms with van der Waals surface area (Å²) in [5, 5.41) is 3.51. The number of hydrogen-bond acceptors (Lipinski definition) is 1. The Labute approximate surface area is 88.8 Å². The second-order valence-corrected chi connectivity index (χ2v) is 5.34. The summed E-state index contributed by atoms with van der Waals surface area (Å²) in [6.45, 7) is 4.64. The SMILES string of the molecule is BC(C)CC[C@H]1C2NC=CC(CC)[C@@H]21. The molecule has 0 aromatic rings. The van der Waals surface area contributed by atoms with Crippen molar-refractivity contribution in [3.63, 3.8) is 0 Å². The van der Waals surface area contributed by atoms with Crippen molar-refractivity contribution in [2.24, 2.45) is 17.8 Å². The Morgan fingerprint density at radius 3 is 2.93 bits per heavy atom. The maximum atomic E-state index is 3.51. The largest absolute Gasteiger partial charge is 0.388 e. The van der Waals surface area contributed by atoms with Crippen LogP contribution < -0.4 is 5.32 Å². The van der Waals surface area contributed by atoms with Crippen LogP contribution in [0.5, 0.6) is 0 Å². The summed E-state index contributed by atoms with van der Waals surface area (Å²) in [4.78, 5) is 0. The van der Waals surface area contributed by atoms with E-state index in [-0.39, 0.29) is 0 Å². The summed E-state index contributed by atoms with van der Waals surface area (Å²) in [5.74, 6) is 3.66. The van der Waals surface area contributed by atoms with Crippen molar-refractivity contribution < 1.29 is 0 Å². The summed E-state index contributed by atoms with van der Waals surface area (Å²) >= 11 is 0. The molecule has 0 saturated heterocycles. The molecule has 1 aliphatic carbocycles. The minimum absolute atomic E-state index is 0.823. The molecule has 2 rings (SSSR count). The molecule has 2 aliphatic rings. The van der Waals surface area contributed by atoms with Crippen LogP contribution in [0.25, 0.3) is 0 Å². The van der Waals surface area contributed by atoms with Crippen molar-refractivity contribution in [2.75, 3.05) is 0 Å². The van der Waals surface area contributed by atoms with E-state index in [0.717, 1.165) is 29.6 Å². The first-order valence-electron chi connectivity index (χ1n) is 6.16. The zero-order valence-corrected chi connectivity index (χ0v) is 9.66. The monoisotopic (exact) mass is 191 g/mol. The number of nitrogens with one attached hydrogen (secondary N) is 1. The Hall–Kier alpha value is -0.395. The van der Waals surface area contributed by atoms with E-state index < -0.39 is 0 Å². The van der Waals surface area contributed by atoms with Gasteiger partial charge in [-0.25, -0.2) is 0 Å². The molecule has 3 unspecified atom stereocenters. The highest BCUT2D eigenvalue weighted by atomic mass is 15.0. The fourth-order valence-electron chi connectivity index (χ4n) is 2.94. The number of fused-ring (bicyclic) bond motifs is 1. The Balaban J connectivity index is 1.83. The summed E-state index contributed by atoms with van der Waals surface area (Å²) in [5.41, 5.74) is 0. The summed E-state index contributed by atoms with van der Waals surface area (Å²) in [7, 11) is 2.33. The summed E-state index contributed by atoms with van der Waals surface area (Å²) < 4.78 is 0. The maximum Gasteiger partial charge on any atom is 0.105 e. The molecule has 14 heavy (non-hydrogen) atoms. The standard InChI is InChI=1S/C12H22BN/c1-3-9-6-7-14-12-10(11(9)12)5-4-8(2)13/h6-12,14H,3-5,13H2,1-2H3/t8?,9?,10-,11-,12?/m1/s1. The van der Waals surface area contributed by atoms with Gasteiger partial charge in [-0.3, -0.25) is 0 Å². The van der Waals surface area contributed by atoms with Crippen molar-refractivity contribution in [3.8, 4) is 0 Å². The first kappa shape index (κ1) is 10.1. The van der Waals surface area contributed by atoms with Gasteiger partial charge in [0.1, 0.15) is 7.85 Å². The van der Waals surface area contributed by atoms with Gasteiger partial charge in [-0.1, -0.05) is 32.2 Å². The number of hydrogen-bond donors (Lipinski definition) is 1. The second kappa shape index (κ2) is 4.00. The average molecular weight is 191 g/mol. The van der Waals surface area contributed by atoms with Crippen molar-refractivity contribution in [1.82, 2.24) is 5.32 Å². The Kier molecular flexibility index (Phi) is 2.89. The van der Waals surface area contributed by atoms with E-state index >= 15 is 0 Å². The van der Waals surface area contributed by atoms with E-state index in [1.807, 2.05) is 0 Å². The highest BCUT2D eigenvalue weighted by Crippen LogP contribution is 2.51. The summed E-state index contributed by atoms with van der Waals surface area (Å²) in [6, 6.07) is 0.823. The molecule has 1 N–H and O–H groups in total. The average Bonchev–Trinajstić information content (AvgIpc) is 2.88. The first-order chi connectivity index (χ1) is 6.74. The molecule has 0 aromatic carbocycles. The Morgan fingerprint density at radius 1 is 1.50 bits per heavy atom. The molecule has 1 fully saturated rings. The van der Waals surface area contributed by atoms with Gasteiger partial charge in [0.2, 0.25) is 0 Å². The fraction of sp³-hybridized carbons (Fsp3) is 0.833. The number of rotatable bonds is 4. The van der Waals surface area contributed by atoms with Gasteiger partial charge in [-0.05, 0) is 36.8 Å². The molecule has 1 saturated carbocycles. The lowest BCUT2D eigenvalue weighted by Crippen LogP contribution is -2.19. The van der Waals surface area contributed by atoms with Crippen LogP contribution in [0.2, 0.25) is 5.82 Å². The minimum atomic E-state index is 0.823. The number of allylic oxidation sites excluding steroid dienone is 1. The lowest BCUT2D eigenvalue weighted by molar-refractivity contribution is 0.475. The lowest BCUT2D eigenvalue weighted by Gasteiger charge is -2.13. The molecule has 1 nitrogen and oxygen atoms in total. The van der Waals surface area contributed by atoms with Crippen LogP contribution in [0, 0.1) is 17.8 Å². The third kappa shape index (κ3) is 1.84.